The van der Waals surface area contributed by atoms with Gasteiger partial charge >= 0.3 is 0 Å². The van der Waals surface area contributed by atoms with Crippen molar-refractivity contribution in [3.05, 3.63) is 76.1 Å². The van der Waals surface area contributed by atoms with Gasteiger partial charge in [0.25, 0.3) is 5.91 Å². The van der Waals surface area contributed by atoms with E-state index < -0.39 is 5.91 Å². The Morgan fingerprint density at radius 2 is 1.87 bits per heavy atom. The molecule has 2 amide bonds. The van der Waals surface area contributed by atoms with Gasteiger partial charge in [0.2, 0.25) is 5.91 Å². The Morgan fingerprint density at radius 1 is 1.07 bits per heavy atom. The molecule has 0 saturated carbocycles. The first-order valence-electron chi connectivity index (χ1n) is 9.82. The number of amides is 2. The summed E-state index contributed by atoms with van der Waals surface area (Å²) in [6.07, 6.45) is 2.57. The summed E-state index contributed by atoms with van der Waals surface area (Å²) in [7, 11) is 0. The fourth-order valence-corrected chi connectivity index (χ4v) is 3.38. The zero-order valence-electron chi connectivity index (χ0n) is 16.3. The predicted octanol–water partition coefficient (Wildman–Crippen LogP) is 3.09. The molecular formula is C24H20N2O4. The lowest BCUT2D eigenvalue weighted by molar-refractivity contribution is -0.119. The third kappa shape index (κ3) is 4.26. The van der Waals surface area contributed by atoms with Crippen LogP contribution in [0.1, 0.15) is 35.4 Å². The fraction of sp³-hybridized carbons (Fsp3) is 0.208. The van der Waals surface area contributed by atoms with Crippen LogP contribution in [0.5, 0.6) is 0 Å². The van der Waals surface area contributed by atoms with Crippen molar-refractivity contribution >= 4 is 28.5 Å². The minimum Gasteiger partial charge on any atom is -0.451 e. The molecule has 3 aromatic rings. The second-order valence-electron chi connectivity index (χ2n) is 7.00. The van der Waals surface area contributed by atoms with Gasteiger partial charge in [-0.05, 0) is 49.2 Å². The summed E-state index contributed by atoms with van der Waals surface area (Å²) in [5.74, 6) is 5.47. The molecule has 1 aromatic heterocycles. The van der Waals surface area contributed by atoms with E-state index in [1.165, 1.54) is 6.07 Å². The lowest BCUT2D eigenvalue weighted by atomic mass is 10.1. The number of piperidine rings is 1. The molecule has 1 saturated heterocycles. The zero-order chi connectivity index (χ0) is 20.9. The van der Waals surface area contributed by atoms with Crippen LogP contribution in [0.25, 0.3) is 11.0 Å². The Hall–Kier alpha value is -3.85. The number of fused-ring (bicyclic) bond motifs is 1. The number of para-hydroxylation sites is 1. The van der Waals surface area contributed by atoms with Crippen molar-refractivity contribution < 1.29 is 14.0 Å². The molecule has 0 aliphatic carbocycles. The highest BCUT2D eigenvalue weighted by atomic mass is 16.3. The molecule has 0 unspecified atom stereocenters. The first kappa shape index (κ1) is 19.5. The fourth-order valence-electron chi connectivity index (χ4n) is 3.38. The van der Waals surface area contributed by atoms with E-state index in [0.29, 0.717) is 17.4 Å². The average Bonchev–Trinajstić information content (AvgIpc) is 2.77. The second-order valence-corrected chi connectivity index (χ2v) is 7.00. The SMILES string of the molecule is O=C(NCC#Cc1ccc(N2CCCCC2=O)cc1)c1cc(=O)c2ccccc2o1. The topological polar surface area (TPSA) is 79.6 Å². The van der Waals surface area contributed by atoms with E-state index in [0.717, 1.165) is 30.6 Å². The van der Waals surface area contributed by atoms with E-state index in [-0.39, 0.29) is 23.6 Å². The van der Waals surface area contributed by atoms with Crippen molar-refractivity contribution in [2.24, 2.45) is 0 Å². The van der Waals surface area contributed by atoms with E-state index in [1.54, 1.807) is 29.2 Å². The van der Waals surface area contributed by atoms with Crippen LogP contribution in [0, 0.1) is 11.8 Å². The number of benzene rings is 2. The lowest BCUT2D eigenvalue weighted by Crippen LogP contribution is -2.35. The van der Waals surface area contributed by atoms with Crippen molar-refractivity contribution in [1.29, 1.82) is 0 Å². The molecule has 30 heavy (non-hydrogen) atoms. The lowest BCUT2D eigenvalue weighted by Gasteiger charge is -2.26. The highest BCUT2D eigenvalue weighted by Gasteiger charge is 2.19. The standard InChI is InChI=1S/C24H20N2O4/c27-20-16-22(30-21-8-2-1-7-19(20)21)24(29)25-14-5-6-17-10-12-18(13-11-17)26-15-4-3-9-23(26)28/h1-2,7-8,10-13,16H,3-4,9,14-15H2,(H,25,29). The molecule has 2 heterocycles. The number of carbonyl (C=O) groups excluding carboxylic acids is 2. The van der Waals surface area contributed by atoms with E-state index in [4.69, 9.17) is 4.42 Å². The molecule has 1 N–H and O–H groups in total. The number of hydrogen-bond acceptors (Lipinski definition) is 4. The van der Waals surface area contributed by atoms with Crippen molar-refractivity contribution in [3.63, 3.8) is 0 Å². The molecule has 0 radical (unpaired) electrons. The number of anilines is 1. The van der Waals surface area contributed by atoms with Gasteiger partial charge in [-0.1, -0.05) is 24.0 Å². The number of carbonyl (C=O) groups is 2. The molecule has 0 bridgehead atoms. The number of rotatable bonds is 3. The van der Waals surface area contributed by atoms with Gasteiger partial charge in [-0.3, -0.25) is 14.4 Å². The van der Waals surface area contributed by atoms with Crippen molar-refractivity contribution in [2.45, 2.75) is 19.3 Å². The van der Waals surface area contributed by atoms with Crippen LogP contribution in [0.15, 0.2) is 63.8 Å². The Bertz CT molecular complexity index is 1220. The molecule has 0 spiro atoms. The maximum absolute atomic E-state index is 12.3. The van der Waals surface area contributed by atoms with Crippen LogP contribution in [-0.2, 0) is 4.79 Å². The van der Waals surface area contributed by atoms with Crippen molar-refractivity contribution in [2.75, 3.05) is 18.0 Å². The third-order valence-electron chi connectivity index (χ3n) is 4.93. The Kier molecular flexibility index (Phi) is 5.62. The smallest absolute Gasteiger partial charge is 0.287 e. The molecule has 4 rings (SSSR count). The molecule has 0 atom stereocenters. The minimum absolute atomic E-state index is 0.0453. The summed E-state index contributed by atoms with van der Waals surface area (Å²) in [6.45, 7) is 0.864. The molecule has 1 aliphatic heterocycles. The van der Waals surface area contributed by atoms with Crippen LogP contribution in [0.2, 0.25) is 0 Å². The summed E-state index contributed by atoms with van der Waals surface area (Å²) in [5.41, 5.74) is 1.77. The maximum atomic E-state index is 12.3. The molecular weight excluding hydrogens is 380 g/mol. The van der Waals surface area contributed by atoms with Crippen molar-refractivity contribution in [1.82, 2.24) is 5.32 Å². The average molecular weight is 400 g/mol. The zero-order valence-corrected chi connectivity index (χ0v) is 16.3. The van der Waals surface area contributed by atoms with E-state index in [2.05, 4.69) is 17.2 Å². The molecule has 1 aliphatic rings. The van der Waals surface area contributed by atoms with Crippen LogP contribution in [0.3, 0.4) is 0 Å². The van der Waals surface area contributed by atoms with Gasteiger partial charge in [-0.15, -0.1) is 0 Å². The monoisotopic (exact) mass is 400 g/mol. The highest BCUT2D eigenvalue weighted by Crippen LogP contribution is 2.21. The first-order chi connectivity index (χ1) is 14.6. The Balaban J connectivity index is 1.37. The summed E-state index contributed by atoms with van der Waals surface area (Å²) in [6, 6.07) is 15.4. The first-order valence-corrected chi connectivity index (χ1v) is 9.82. The van der Waals surface area contributed by atoms with Gasteiger partial charge < -0.3 is 14.6 Å². The highest BCUT2D eigenvalue weighted by molar-refractivity contribution is 5.94. The van der Waals surface area contributed by atoms with Gasteiger partial charge in [0, 0.05) is 30.3 Å². The molecule has 6 nitrogen and oxygen atoms in total. The summed E-state index contributed by atoms with van der Waals surface area (Å²) in [5, 5.41) is 3.07. The van der Waals surface area contributed by atoms with Gasteiger partial charge in [0.15, 0.2) is 11.2 Å². The van der Waals surface area contributed by atoms with E-state index in [9.17, 15) is 14.4 Å². The summed E-state index contributed by atoms with van der Waals surface area (Å²) >= 11 is 0. The number of nitrogens with one attached hydrogen (secondary N) is 1. The Labute approximate surface area is 173 Å². The molecule has 6 heteroatoms. The third-order valence-corrected chi connectivity index (χ3v) is 4.93. The normalized spacial score (nSPS) is 13.6. The number of nitrogens with zero attached hydrogens (tertiary/aromatic N) is 1. The van der Waals surface area contributed by atoms with E-state index in [1.807, 2.05) is 24.3 Å². The van der Waals surface area contributed by atoms with Crippen LogP contribution in [-0.4, -0.2) is 24.9 Å². The van der Waals surface area contributed by atoms with Gasteiger partial charge in [0.05, 0.1) is 11.9 Å². The minimum atomic E-state index is -0.494. The number of hydrogen-bond donors (Lipinski definition) is 1. The van der Waals surface area contributed by atoms with Gasteiger partial charge in [0.1, 0.15) is 5.58 Å². The van der Waals surface area contributed by atoms with Crippen LogP contribution < -0.4 is 15.6 Å². The Morgan fingerprint density at radius 3 is 2.67 bits per heavy atom. The molecule has 2 aromatic carbocycles. The predicted molar refractivity (Wildman–Crippen MR) is 114 cm³/mol. The van der Waals surface area contributed by atoms with E-state index >= 15 is 0 Å². The summed E-state index contributed by atoms with van der Waals surface area (Å²) < 4.78 is 5.51. The summed E-state index contributed by atoms with van der Waals surface area (Å²) in [4.78, 5) is 38.1. The molecule has 1 fully saturated rings. The second kappa shape index (κ2) is 8.66. The van der Waals surface area contributed by atoms with Crippen LogP contribution >= 0.6 is 0 Å². The van der Waals surface area contributed by atoms with Crippen LogP contribution in [0.4, 0.5) is 5.69 Å². The van der Waals surface area contributed by atoms with Gasteiger partial charge in [-0.2, -0.15) is 0 Å². The van der Waals surface area contributed by atoms with Gasteiger partial charge in [-0.25, -0.2) is 0 Å². The largest absolute Gasteiger partial charge is 0.451 e. The van der Waals surface area contributed by atoms with Crippen molar-refractivity contribution in [3.8, 4) is 11.8 Å². The maximum Gasteiger partial charge on any atom is 0.287 e. The molecule has 150 valence electrons. The quantitative estimate of drug-likeness (QED) is 0.685.